The van der Waals surface area contributed by atoms with Crippen LogP contribution in [0.5, 0.6) is 0 Å². The second-order valence-corrected chi connectivity index (χ2v) is 5.62. The van der Waals surface area contributed by atoms with Crippen LogP contribution in [0.4, 0.5) is 10.1 Å². The van der Waals surface area contributed by atoms with Crippen LogP contribution < -0.4 is 5.32 Å². The van der Waals surface area contributed by atoms with Gasteiger partial charge in [0.25, 0.3) is 0 Å². The van der Waals surface area contributed by atoms with E-state index in [0.717, 1.165) is 5.82 Å². The predicted molar refractivity (Wildman–Crippen MR) is 85.4 cm³/mol. The normalized spacial score (nSPS) is 10.5. The van der Waals surface area contributed by atoms with Gasteiger partial charge >= 0.3 is 0 Å². The van der Waals surface area contributed by atoms with E-state index in [0.29, 0.717) is 23.0 Å². The van der Waals surface area contributed by atoms with Gasteiger partial charge in [0.1, 0.15) is 11.6 Å². The zero-order chi connectivity index (χ0) is 16.1. The zero-order valence-corrected chi connectivity index (χ0v) is 13.3. The van der Waals surface area contributed by atoms with E-state index in [1.807, 2.05) is 11.5 Å². The van der Waals surface area contributed by atoms with Gasteiger partial charge in [0.05, 0.1) is 5.75 Å². The molecule has 22 heavy (non-hydrogen) atoms. The maximum atomic E-state index is 13.4. The van der Waals surface area contributed by atoms with Crippen molar-refractivity contribution in [3.05, 3.63) is 48.1 Å². The number of nitrogens with one attached hydrogen (secondary N) is 1. The molecule has 1 N–H and O–H groups in total. The molecular weight excluding hydrogens is 303 g/mol. The van der Waals surface area contributed by atoms with Crippen molar-refractivity contribution in [2.24, 2.45) is 0 Å². The molecule has 5 nitrogen and oxygen atoms in total. The molecule has 0 aliphatic rings. The third-order valence-electron chi connectivity index (χ3n) is 3.09. The number of allylic oxidation sites excluding steroid dienone is 1. The molecule has 1 aromatic carbocycles. The van der Waals surface area contributed by atoms with Gasteiger partial charge in [0.15, 0.2) is 5.16 Å². The largest absolute Gasteiger partial charge is 0.325 e. The number of hydrogen-bond donors (Lipinski definition) is 1. The second kappa shape index (κ2) is 7.22. The fourth-order valence-corrected chi connectivity index (χ4v) is 2.66. The van der Waals surface area contributed by atoms with E-state index in [4.69, 9.17) is 0 Å². The molecule has 0 unspecified atom stereocenters. The number of amides is 1. The average Bonchev–Trinajstić information content (AvgIpc) is 2.83. The van der Waals surface area contributed by atoms with Gasteiger partial charge in [0, 0.05) is 17.8 Å². The molecule has 0 bridgehead atoms. The van der Waals surface area contributed by atoms with E-state index in [1.54, 1.807) is 25.1 Å². The summed E-state index contributed by atoms with van der Waals surface area (Å²) in [6.07, 6.45) is 1.75. The molecule has 0 radical (unpaired) electrons. The van der Waals surface area contributed by atoms with Crippen molar-refractivity contribution in [3.63, 3.8) is 0 Å². The van der Waals surface area contributed by atoms with Crippen LogP contribution in [0.1, 0.15) is 11.4 Å². The second-order valence-electron chi connectivity index (χ2n) is 4.68. The summed E-state index contributed by atoms with van der Waals surface area (Å²) < 4.78 is 15.3. The molecule has 0 aliphatic carbocycles. The molecule has 0 spiro atoms. The van der Waals surface area contributed by atoms with Crippen molar-refractivity contribution in [1.82, 2.24) is 14.8 Å². The predicted octanol–water partition coefficient (Wildman–Crippen LogP) is 2.95. The van der Waals surface area contributed by atoms with Crippen LogP contribution in [-0.4, -0.2) is 26.4 Å². The molecule has 0 aliphatic heterocycles. The number of carbonyl (C=O) groups excluding carboxylic acids is 1. The Labute approximate surface area is 132 Å². The lowest BCUT2D eigenvalue weighted by molar-refractivity contribution is -0.113. The smallest absolute Gasteiger partial charge is 0.234 e. The first-order valence-electron chi connectivity index (χ1n) is 6.71. The standard InChI is InChI=1S/C15H17FN4OS/c1-4-8-20-11(3)18-19-15(20)22-9-14(21)17-13-7-5-6-12(16)10(13)2/h4-7H,1,8-9H2,2-3H3,(H,17,21). The van der Waals surface area contributed by atoms with Gasteiger partial charge in [0.2, 0.25) is 5.91 Å². The van der Waals surface area contributed by atoms with Gasteiger partial charge in [-0.2, -0.15) is 0 Å². The van der Waals surface area contributed by atoms with Crippen molar-refractivity contribution >= 4 is 23.4 Å². The first-order chi connectivity index (χ1) is 10.5. The highest BCUT2D eigenvalue weighted by Gasteiger charge is 2.12. The van der Waals surface area contributed by atoms with E-state index < -0.39 is 0 Å². The van der Waals surface area contributed by atoms with Crippen LogP contribution >= 0.6 is 11.8 Å². The minimum absolute atomic E-state index is 0.172. The Hall–Kier alpha value is -2.15. The van der Waals surface area contributed by atoms with Crippen molar-refractivity contribution in [1.29, 1.82) is 0 Å². The van der Waals surface area contributed by atoms with E-state index in [9.17, 15) is 9.18 Å². The number of aromatic nitrogens is 3. The Morgan fingerprint density at radius 1 is 1.45 bits per heavy atom. The summed E-state index contributed by atoms with van der Waals surface area (Å²) in [5.74, 6) is 0.380. The molecular formula is C15H17FN4OS. The van der Waals surface area contributed by atoms with Gasteiger partial charge < -0.3 is 9.88 Å². The summed E-state index contributed by atoms with van der Waals surface area (Å²) in [6.45, 7) is 7.75. The number of rotatable bonds is 6. The quantitative estimate of drug-likeness (QED) is 0.657. The van der Waals surface area contributed by atoms with E-state index in [2.05, 4.69) is 22.1 Å². The zero-order valence-electron chi connectivity index (χ0n) is 12.5. The van der Waals surface area contributed by atoms with Gasteiger partial charge in [-0.15, -0.1) is 16.8 Å². The molecule has 0 fully saturated rings. The van der Waals surface area contributed by atoms with E-state index >= 15 is 0 Å². The first-order valence-corrected chi connectivity index (χ1v) is 7.70. The Kier molecular flexibility index (Phi) is 5.32. The molecule has 1 heterocycles. The lowest BCUT2D eigenvalue weighted by atomic mass is 10.2. The van der Waals surface area contributed by atoms with Crippen LogP contribution in [0, 0.1) is 19.7 Å². The maximum absolute atomic E-state index is 13.4. The van der Waals surface area contributed by atoms with Gasteiger partial charge in [-0.3, -0.25) is 4.79 Å². The summed E-state index contributed by atoms with van der Waals surface area (Å²) >= 11 is 1.28. The van der Waals surface area contributed by atoms with Crippen LogP contribution in [0.3, 0.4) is 0 Å². The van der Waals surface area contributed by atoms with Gasteiger partial charge in [-0.05, 0) is 26.0 Å². The van der Waals surface area contributed by atoms with E-state index in [-0.39, 0.29) is 17.5 Å². The molecule has 2 rings (SSSR count). The molecule has 1 aromatic heterocycles. The summed E-state index contributed by atoms with van der Waals surface area (Å²) in [4.78, 5) is 12.0. The topological polar surface area (TPSA) is 59.8 Å². The number of nitrogens with zero attached hydrogens (tertiary/aromatic N) is 3. The highest BCUT2D eigenvalue weighted by molar-refractivity contribution is 7.99. The summed E-state index contributed by atoms with van der Waals surface area (Å²) in [7, 11) is 0. The SMILES string of the molecule is C=CCn1c(C)nnc1SCC(=O)Nc1cccc(F)c1C. The minimum atomic E-state index is -0.341. The Balaban J connectivity index is 1.99. The highest BCUT2D eigenvalue weighted by Crippen LogP contribution is 2.20. The number of thioether (sulfide) groups is 1. The summed E-state index contributed by atoms with van der Waals surface area (Å²) in [6, 6.07) is 4.60. The van der Waals surface area contributed by atoms with Crippen molar-refractivity contribution in [2.75, 3.05) is 11.1 Å². The van der Waals surface area contributed by atoms with Crippen LogP contribution in [-0.2, 0) is 11.3 Å². The molecule has 7 heteroatoms. The summed E-state index contributed by atoms with van der Waals surface area (Å²) in [5.41, 5.74) is 0.904. The number of halogens is 1. The number of aryl methyl sites for hydroxylation is 1. The molecule has 0 saturated carbocycles. The van der Waals surface area contributed by atoms with Crippen LogP contribution in [0.15, 0.2) is 36.0 Å². The number of benzene rings is 1. The fourth-order valence-electron chi connectivity index (χ4n) is 1.87. The number of hydrogen-bond acceptors (Lipinski definition) is 4. The van der Waals surface area contributed by atoms with Crippen LogP contribution in [0.25, 0.3) is 0 Å². The summed E-state index contributed by atoms with van der Waals surface area (Å²) in [5, 5.41) is 11.4. The Bertz CT molecular complexity index is 699. The first kappa shape index (κ1) is 16.2. The third-order valence-corrected chi connectivity index (χ3v) is 4.05. The Morgan fingerprint density at radius 3 is 2.95 bits per heavy atom. The lowest BCUT2D eigenvalue weighted by Crippen LogP contribution is -2.15. The molecule has 116 valence electrons. The molecule has 1 amide bonds. The minimum Gasteiger partial charge on any atom is -0.325 e. The highest BCUT2D eigenvalue weighted by atomic mass is 32.2. The van der Waals surface area contributed by atoms with Crippen molar-refractivity contribution in [2.45, 2.75) is 25.5 Å². The average molecular weight is 320 g/mol. The monoisotopic (exact) mass is 320 g/mol. The van der Waals surface area contributed by atoms with Gasteiger partial charge in [-0.1, -0.05) is 23.9 Å². The van der Waals surface area contributed by atoms with Crippen molar-refractivity contribution < 1.29 is 9.18 Å². The number of anilines is 1. The lowest BCUT2D eigenvalue weighted by Gasteiger charge is -2.09. The maximum Gasteiger partial charge on any atom is 0.234 e. The molecule has 0 saturated heterocycles. The van der Waals surface area contributed by atoms with Crippen molar-refractivity contribution in [3.8, 4) is 0 Å². The molecule has 0 atom stereocenters. The van der Waals surface area contributed by atoms with Crippen LogP contribution in [0.2, 0.25) is 0 Å². The fraction of sp³-hybridized carbons (Fsp3) is 0.267. The Morgan fingerprint density at radius 2 is 2.23 bits per heavy atom. The van der Waals surface area contributed by atoms with Gasteiger partial charge in [-0.25, -0.2) is 4.39 Å². The number of carbonyl (C=O) groups is 1. The van der Waals surface area contributed by atoms with E-state index in [1.165, 1.54) is 17.8 Å². The third kappa shape index (κ3) is 3.73. The molecule has 2 aromatic rings.